The van der Waals surface area contributed by atoms with Gasteiger partial charge in [0.15, 0.2) is 0 Å². The van der Waals surface area contributed by atoms with Crippen molar-refractivity contribution in [3.63, 3.8) is 0 Å². The molecule has 1 aliphatic carbocycles. The Balaban J connectivity index is 2.63. The van der Waals surface area contributed by atoms with Gasteiger partial charge in [-0.05, 0) is 54.4 Å². The molecule has 3 nitrogen and oxygen atoms in total. The van der Waals surface area contributed by atoms with Gasteiger partial charge in [-0.15, -0.1) is 0 Å². The largest absolute Gasteiger partial charge is 0.268 e. The number of hydrogen-bond acceptors (Lipinski definition) is 3. The van der Waals surface area contributed by atoms with Gasteiger partial charge in [0.1, 0.15) is 0 Å². The van der Waals surface area contributed by atoms with Crippen LogP contribution in [0.5, 0.6) is 0 Å². The van der Waals surface area contributed by atoms with E-state index in [1.54, 1.807) is 5.23 Å². The van der Waals surface area contributed by atoms with Gasteiger partial charge in [-0.3, -0.25) is 9.68 Å². The predicted molar refractivity (Wildman–Crippen MR) is 70.4 cm³/mol. The Morgan fingerprint density at radius 2 is 1.18 bits per heavy atom. The molecule has 1 saturated carbocycles. The van der Waals surface area contributed by atoms with Crippen molar-refractivity contribution in [2.75, 3.05) is 0 Å². The minimum Gasteiger partial charge on any atom is -0.268 e. The molecule has 1 aliphatic rings. The van der Waals surface area contributed by atoms with Gasteiger partial charge in [-0.2, -0.15) is 0 Å². The van der Waals surface area contributed by atoms with Crippen LogP contribution in [0.2, 0.25) is 0 Å². The summed E-state index contributed by atoms with van der Waals surface area (Å²) in [4.78, 5) is 11.9. The van der Waals surface area contributed by atoms with E-state index in [0.29, 0.717) is 6.04 Å². The second kappa shape index (κ2) is 5.68. The summed E-state index contributed by atoms with van der Waals surface area (Å²) in [6, 6.07) is 0.405. The summed E-state index contributed by atoms with van der Waals surface area (Å²) in [5.41, 5.74) is -0.411. The van der Waals surface area contributed by atoms with Crippen molar-refractivity contribution in [2.24, 2.45) is 0 Å². The Kier molecular flexibility index (Phi) is 4.99. The van der Waals surface area contributed by atoms with Crippen LogP contribution in [-0.4, -0.2) is 22.5 Å². The maximum Gasteiger partial charge on any atom is 0.0842 e. The van der Waals surface area contributed by atoms with Crippen LogP contribution in [0.1, 0.15) is 73.6 Å². The first-order chi connectivity index (χ1) is 7.67. The second-order valence-corrected chi connectivity index (χ2v) is 6.98. The van der Waals surface area contributed by atoms with Gasteiger partial charge in [0.25, 0.3) is 0 Å². The summed E-state index contributed by atoms with van der Waals surface area (Å²) >= 11 is 0. The highest BCUT2D eigenvalue weighted by molar-refractivity contribution is 4.71. The Morgan fingerprint density at radius 1 is 0.765 bits per heavy atom. The van der Waals surface area contributed by atoms with Crippen LogP contribution in [0, 0.1) is 0 Å². The van der Waals surface area contributed by atoms with E-state index >= 15 is 0 Å². The molecule has 0 saturated heterocycles. The van der Waals surface area contributed by atoms with E-state index in [9.17, 15) is 0 Å². The fourth-order valence-corrected chi connectivity index (χ4v) is 2.00. The molecular weight excluding hydrogens is 214 g/mol. The van der Waals surface area contributed by atoms with E-state index in [1.807, 2.05) is 0 Å². The highest BCUT2D eigenvalue weighted by Gasteiger charge is 2.30. The molecule has 0 spiro atoms. The minimum atomic E-state index is -0.206. The molecule has 3 heteroatoms. The molecule has 0 aliphatic heterocycles. The summed E-state index contributed by atoms with van der Waals surface area (Å²) < 4.78 is 0. The monoisotopic (exact) mass is 243 g/mol. The first-order valence-electron chi connectivity index (χ1n) is 6.85. The molecule has 0 aromatic carbocycles. The van der Waals surface area contributed by atoms with E-state index in [2.05, 4.69) is 41.5 Å². The molecule has 0 radical (unpaired) electrons. The molecule has 0 heterocycles. The lowest BCUT2D eigenvalue weighted by Crippen LogP contribution is -2.45. The van der Waals surface area contributed by atoms with Gasteiger partial charge in [0, 0.05) is 0 Å². The van der Waals surface area contributed by atoms with Gasteiger partial charge in [0.05, 0.1) is 17.2 Å². The van der Waals surface area contributed by atoms with Crippen molar-refractivity contribution < 1.29 is 9.68 Å². The standard InChI is InChI=1S/C14H29NO2/c1-13(2,3)16-15(17-14(4,5)6)12-10-8-7-9-11-12/h12H,7-11H2,1-6H3. The fourth-order valence-electron chi connectivity index (χ4n) is 2.00. The normalized spacial score (nSPS) is 19.9. The highest BCUT2D eigenvalue weighted by Crippen LogP contribution is 2.27. The van der Waals surface area contributed by atoms with Crippen molar-refractivity contribution >= 4 is 0 Å². The van der Waals surface area contributed by atoms with Crippen LogP contribution < -0.4 is 0 Å². The maximum atomic E-state index is 5.96. The van der Waals surface area contributed by atoms with E-state index in [4.69, 9.17) is 9.68 Å². The van der Waals surface area contributed by atoms with Crippen molar-refractivity contribution in [2.45, 2.75) is 90.9 Å². The topological polar surface area (TPSA) is 21.7 Å². The molecule has 0 unspecified atom stereocenters. The first kappa shape index (κ1) is 14.9. The zero-order valence-electron chi connectivity index (χ0n) is 12.4. The average molecular weight is 243 g/mol. The van der Waals surface area contributed by atoms with Gasteiger partial charge in [-0.1, -0.05) is 24.5 Å². The van der Waals surface area contributed by atoms with Gasteiger partial charge >= 0.3 is 0 Å². The van der Waals surface area contributed by atoms with E-state index in [0.717, 1.165) is 0 Å². The van der Waals surface area contributed by atoms with Crippen LogP contribution in [0.15, 0.2) is 0 Å². The van der Waals surface area contributed by atoms with Crippen LogP contribution in [-0.2, 0) is 9.68 Å². The zero-order chi connectivity index (χ0) is 13.1. The molecule has 0 amide bonds. The van der Waals surface area contributed by atoms with Crippen LogP contribution in [0.25, 0.3) is 0 Å². The molecule has 17 heavy (non-hydrogen) atoms. The third kappa shape index (κ3) is 6.39. The van der Waals surface area contributed by atoms with Gasteiger partial charge in [-0.25, -0.2) is 0 Å². The zero-order valence-corrected chi connectivity index (χ0v) is 12.4. The Morgan fingerprint density at radius 3 is 1.53 bits per heavy atom. The van der Waals surface area contributed by atoms with Gasteiger partial charge in [0.2, 0.25) is 0 Å². The first-order valence-corrected chi connectivity index (χ1v) is 6.85. The number of nitrogens with zero attached hydrogens (tertiary/aromatic N) is 1. The maximum absolute atomic E-state index is 5.96. The fraction of sp³-hybridized carbons (Fsp3) is 1.00. The summed E-state index contributed by atoms with van der Waals surface area (Å²) in [7, 11) is 0. The number of hydroxylamine groups is 2. The van der Waals surface area contributed by atoms with Crippen molar-refractivity contribution in [3.8, 4) is 0 Å². The van der Waals surface area contributed by atoms with Gasteiger partial charge < -0.3 is 0 Å². The van der Waals surface area contributed by atoms with Crippen LogP contribution in [0.4, 0.5) is 0 Å². The summed E-state index contributed by atoms with van der Waals surface area (Å²) in [5.74, 6) is 0. The number of hydrogen-bond donors (Lipinski definition) is 0. The SMILES string of the molecule is CC(C)(C)ON(OC(C)(C)C)C1CCCCC1. The Bertz CT molecular complexity index is 205. The van der Waals surface area contributed by atoms with Crippen molar-refractivity contribution in [3.05, 3.63) is 0 Å². The molecule has 0 bridgehead atoms. The molecule has 1 rings (SSSR count). The Labute approximate surface area is 106 Å². The number of rotatable bonds is 3. The van der Waals surface area contributed by atoms with Crippen molar-refractivity contribution in [1.82, 2.24) is 5.23 Å². The molecule has 1 fully saturated rings. The Hall–Kier alpha value is -0.120. The summed E-state index contributed by atoms with van der Waals surface area (Å²) in [6.45, 7) is 12.4. The average Bonchev–Trinajstić information content (AvgIpc) is 2.14. The summed E-state index contributed by atoms with van der Waals surface area (Å²) in [5, 5.41) is 1.78. The van der Waals surface area contributed by atoms with E-state index in [-0.39, 0.29) is 11.2 Å². The second-order valence-electron chi connectivity index (χ2n) is 6.98. The van der Waals surface area contributed by atoms with E-state index < -0.39 is 0 Å². The molecule has 0 aromatic rings. The van der Waals surface area contributed by atoms with E-state index in [1.165, 1.54) is 32.1 Å². The van der Waals surface area contributed by atoms with Crippen LogP contribution in [0.3, 0.4) is 0 Å². The molecule has 102 valence electrons. The lowest BCUT2D eigenvalue weighted by atomic mass is 9.96. The molecule has 0 N–H and O–H groups in total. The van der Waals surface area contributed by atoms with Crippen molar-refractivity contribution in [1.29, 1.82) is 0 Å². The molecular formula is C14H29NO2. The predicted octanol–water partition coefficient (Wildman–Crippen LogP) is 4.08. The van der Waals surface area contributed by atoms with Crippen LogP contribution >= 0.6 is 0 Å². The molecule has 0 aromatic heterocycles. The lowest BCUT2D eigenvalue weighted by Gasteiger charge is -2.39. The quantitative estimate of drug-likeness (QED) is 0.697. The third-order valence-electron chi connectivity index (χ3n) is 2.60. The molecule has 0 atom stereocenters. The smallest absolute Gasteiger partial charge is 0.0842 e. The third-order valence-corrected chi connectivity index (χ3v) is 2.60. The summed E-state index contributed by atoms with van der Waals surface area (Å²) in [6.07, 6.45) is 6.25. The highest BCUT2D eigenvalue weighted by atomic mass is 17.0. The minimum absolute atomic E-state index is 0.206. The lowest BCUT2D eigenvalue weighted by molar-refractivity contribution is -0.447.